The lowest BCUT2D eigenvalue weighted by Crippen LogP contribution is -1.94. The minimum absolute atomic E-state index is 0.854. The maximum Gasteiger partial charge on any atom is 0.122 e. The fourth-order valence-corrected chi connectivity index (χ4v) is 2.29. The fourth-order valence-electron chi connectivity index (χ4n) is 2.29. The van der Waals surface area contributed by atoms with E-state index in [1.54, 1.807) is 7.11 Å². The third-order valence-electron chi connectivity index (χ3n) is 3.22. The molecule has 0 bridgehead atoms. The van der Waals surface area contributed by atoms with Gasteiger partial charge in [-0.25, -0.2) is 0 Å². The minimum atomic E-state index is 0.854. The van der Waals surface area contributed by atoms with E-state index in [0.717, 1.165) is 31.4 Å². The minimum Gasteiger partial charge on any atom is -0.496 e. The summed E-state index contributed by atoms with van der Waals surface area (Å²) in [5.41, 5.74) is 1.30. The highest BCUT2D eigenvalue weighted by Gasteiger charge is 2.07. The van der Waals surface area contributed by atoms with Gasteiger partial charge in [-0.15, -0.1) is 12.3 Å². The Hall–Kier alpha value is -1.94. The van der Waals surface area contributed by atoms with Crippen LogP contribution in [0.15, 0.2) is 36.4 Å². The van der Waals surface area contributed by atoms with Crippen molar-refractivity contribution in [1.29, 1.82) is 0 Å². The highest BCUT2D eigenvalue weighted by atomic mass is 16.5. The van der Waals surface area contributed by atoms with Crippen LogP contribution < -0.4 is 4.74 Å². The van der Waals surface area contributed by atoms with Crippen LogP contribution in [0.4, 0.5) is 0 Å². The number of rotatable bonds is 5. The number of methoxy groups -OCH3 is 1. The molecule has 92 valence electrons. The van der Waals surface area contributed by atoms with Crippen molar-refractivity contribution in [3.8, 4) is 18.1 Å². The largest absolute Gasteiger partial charge is 0.496 e. The summed E-state index contributed by atoms with van der Waals surface area (Å²) >= 11 is 0. The molecule has 0 aromatic heterocycles. The molecule has 0 radical (unpaired) electrons. The zero-order valence-electron chi connectivity index (χ0n) is 10.8. The number of hydrogen-bond donors (Lipinski definition) is 0. The summed E-state index contributed by atoms with van der Waals surface area (Å²) in [6, 6.07) is 12.6. The van der Waals surface area contributed by atoms with Crippen molar-refractivity contribution < 1.29 is 4.74 Å². The van der Waals surface area contributed by atoms with Gasteiger partial charge in [0.05, 0.1) is 7.11 Å². The predicted octanol–water partition coefficient (Wildman–Crippen LogP) is 4.19. The van der Waals surface area contributed by atoms with E-state index in [1.165, 1.54) is 16.3 Å². The second kappa shape index (κ2) is 6.12. The third kappa shape index (κ3) is 2.65. The standard InChI is InChI=1S/C17H18O/c1-3-4-5-6-11-16-15-10-8-7-9-14(15)12-13-17(16)18-2/h1,7-10,12-13H,4-6,11H2,2H3. The second-order valence-electron chi connectivity index (χ2n) is 4.38. The number of unbranched alkanes of at least 4 members (excludes halogenated alkanes) is 2. The second-order valence-corrected chi connectivity index (χ2v) is 4.38. The van der Waals surface area contributed by atoms with E-state index in [4.69, 9.17) is 11.2 Å². The smallest absolute Gasteiger partial charge is 0.122 e. The molecule has 0 aliphatic heterocycles. The van der Waals surface area contributed by atoms with Crippen molar-refractivity contribution in [2.75, 3.05) is 7.11 Å². The molecule has 0 heterocycles. The number of fused-ring (bicyclic) bond motifs is 1. The van der Waals surface area contributed by atoms with Gasteiger partial charge in [-0.3, -0.25) is 0 Å². The Bertz CT molecular complexity index is 563. The van der Waals surface area contributed by atoms with Gasteiger partial charge in [0.15, 0.2) is 0 Å². The maximum atomic E-state index is 5.47. The molecule has 2 aromatic rings. The molecule has 0 spiro atoms. The van der Waals surface area contributed by atoms with Crippen molar-refractivity contribution in [3.05, 3.63) is 42.0 Å². The van der Waals surface area contributed by atoms with Crippen molar-refractivity contribution in [1.82, 2.24) is 0 Å². The van der Waals surface area contributed by atoms with Gasteiger partial charge in [-0.2, -0.15) is 0 Å². The van der Waals surface area contributed by atoms with Gasteiger partial charge >= 0.3 is 0 Å². The van der Waals surface area contributed by atoms with Gasteiger partial charge in [0.25, 0.3) is 0 Å². The first-order chi connectivity index (χ1) is 8.86. The normalized spacial score (nSPS) is 10.2. The van der Waals surface area contributed by atoms with Crippen LogP contribution in [0.2, 0.25) is 0 Å². The van der Waals surface area contributed by atoms with E-state index in [9.17, 15) is 0 Å². The molecule has 0 N–H and O–H groups in total. The summed E-state index contributed by atoms with van der Waals surface area (Å²) in [4.78, 5) is 0. The number of hydrogen-bond acceptors (Lipinski definition) is 1. The molecule has 2 aromatic carbocycles. The Morgan fingerprint density at radius 1 is 1.11 bits per heavy atom. The lowest BCUT2D eigenvalue weighted by molar-refractivity contribution is 0.410. The lowest BCUT2D eigenvalue weighted by atomic mass is 9.98. The van der Waals surface area contributed by atoms with E-state index >= 15 is 0 Å². The molecule has 1 nitrogen and oxygen atoms in total. The Kier molecular flexibility index (Phi) is 4.25. The molecule has 0 fully saturated rings. The fraction of sp³-hybridized carbons (Fsp3) is 0.294. The molecule has 0 aliphatic carbocycles. The summed E-state index contributed by atoms with van der Waals surface area (Å²) < 4.78 is 5.47. The van der Waals surface area contributed by atoms with Crippen LogP contribution >= 0.6 is 0 Å². The zero-order valence-corrected chi connectivity index (χ0v) is 10.8. The summed E-state index contributed by atoms with van der Waals surface area (Å²) in [6.45, 7) is 0. The molecular formula is C17H18O. The Balaban J connectivity index is 2.30. The van der Waals surface area contributed by atoms with Gasteiger partial charge in [0.2, 0.25) is 0 Å². The molecular weight excluding hydrogens is 220 g/mol. The highest BCUT2D eigenvalue weighted by molar-refractivity contribution is 5.87. The average molecular weight is 238 g/mol. The van der Waals surface area contributed by atoms with Gasteiger partial charge < -0.3 is 4.74 Å². The van der Waals surface area contributed by atoms with Gasteiger partial charge in [0, 0.05) is 12.0 Å². The van der Waals surface area contributed by atoms with Crippen molar-refractivity contribution in [2.45, 2.75) is 25.7 Å². The number of aryl methyl sites for hydroxylation is 1. The van der Waals surface area contributed by atoms with Crippen LogP contribution in [-0.4, -0.2) is 7.11 Å². The molecule has 0 unspecified atom stereocenters. The Morgan fingerprint density at radius 3 is 2.72 bits per heavy atom. The van der Waals surface area contributed by atoms with Crippen molar-refractivity contribution >= 4 is 10.8 Å². The first-order valence-corrected chi connectivity index (χ1v) is 6.35. The van der Waals surface area contributed by atoms with Crippen molar-refractivity contribution in [2.24, 2.45) is 0 Å². The Morgan fingerprint density at radius 2 is 1.94 bits per heavy atom. The van der Waals surface area contributed by atoms with E-state index < -0.39 is 0 Å². The molecule has 0 atom stereocenters. The Labute approximate surface area is 109 Å². The highest BCUT2D eigenvalue weighted by Crippen LogP contribution is 2.29. The van der Waals surface area contributed by atoms with Crippen molar-refractivity contribution in [3.63, 3.8) is 0 Å². The number of ether oxygens (including phenoxy) is 1. The SMILES string of the molecule is C#CCCCCc1c(OC)ccc2ccccc12. The maximum absolute atomic E-state index is 5.47. The van der Waals surface area contributed by atoms with Crippen LogP contribution in [0.25, 0.3) is 10.8 Å². The molecule has 18 heavy (non-hydrogen) atoms. The van der Waals surface area contributed by atoms with Crippen LogP contribution in [0.3, 0.4) is 0 Å². The zero-order chi connectivity index (χ0) is 12.8. The van der Waals surface area contributed by atoms with Gasteiger partial charge in [0.1, 0.15) is 5.75 Å². The molecule has 0 amide bonds. The van der Waals surface area contributed by atoms with Crippen LogP contribution in [0.1, 0.15) is 24.8 Å². The predicted molar refractivity (Wildman–Crippen MR) is 76.9 cm³/mol. The molecule has 1 heteroatoms. The van der Waals surface area contributed by atoms with E-state index in [-0.39, 0.29) is 0 Å². The lowest BCUT2D eigenvalue weighted by Gasteiger charge is -2.11. The number of terminal acetylenes is 1. The average Bonchev–Trinajstić information content (AvgIpc) is 2.43. The number of benzene rings is 2. The third-order valence-corrected chi connectivity index (χ3v) is 3.22. The first kappa shape index (κ1) is 12.5. The summed E-state index contributed by atoms with van der Waals surface area (Å²) in [5, 5.41) is 2.56. The molecule has 0 saturated heterocycles. The topological polar surface area (TPSA) is 9.23 Å². The summed E-state index contributed by atoms with van der Waals surface area (Å²) in [5.74, 6) is 3.67. The first-order valence-electron chi connectivity index (χ1n) is 6.35. The summed E-state index contributed by atoms with van der Waals surface area (Å²) in [6.07, 6.45) is 9.33. The van der Waals surface area contributed by atoms with E-state index in [2.05, 4.69) is 42.3 Å². The van der Waals surface area contributed by atoms with Crippen LogP contribution in [0.5, 0.6) is 5.75 Å². The molecule has 2 rings (SSSR count). The summed E-state index contributed by atoms with van der Waals surface area (Å²) in [7, 11) is 1.73. The molecule has 0 aliphatic rings. The van der Waals surface area contributed by atoms with Gasteiger partial charge in [-0.05, 0) is 36.1 Å². The quantitative estimate of drug-likeness (QED) is 0.560. The van der Waals surface area contributed by atoms with Crippen LogP contribution in [-0.2, 0) is 6.42 Å². The van der Waals surface area contributed by atoms with E-state index in [0.29, 0.717) is 0 Å². The van der Waals surface area contributed by atoms with Crippen LogP contribution in [0, 0.1) is 12.3 Å². The molecule has 0 saturated carbocycles. The monoisotopic (exact) mass is 238 g/mol. The van der Waals surface area contributed by atoms with Gasteiger partial charge in [-0.1, -0.05) is 30.3 Å². The van der Waals surface area contributed by atoms with E-state index in [1.807, 2.05) is 0 Å².